The van der Waals surface area contributed by atoms with E-state index >= 15 is 0 Å². The van der Waals surface area contributed by atoms with Crippen molar-refractivity contribution < 1.29 is 22.7 Å². The number of rotatable bonds is 3. The van der Waals surface area contributed by atoms with Gasteiger partial charge in [-0.05, 0) is 24.5 Å². The van der Waals surface area contributed by atoms with Crippen LogP contribution in [0.1, 0.15) is 22.3 Å². The molecule has 4 nitrogen and oxygen atoms in total. The molecule has 2 heterocycles. The zero-order valence-electron chi connectivity index (χ0n) is 13.4. The Balaban J connectivity index is 1.61. The van der Waals surface area contributed by atoms with Gasteiger partial charge in [0.25, 0.3) is 5.91 Å². The lowest BCUT2D eigenvalue weighted by atomic mass is 10.0. The van der Waals surface area contributed by atoms with Crippen LogP contribution in [-0.2, 0) is 10.9 Å². The Morgan fingerprint density at radius 3 is 2.50 bits per heavy atom. The molecule has 2 aliphatic rings. The third-order valence-corrected chi connectivity index (χ3v) is 4.66. The van der Waals surface area contributed by atoms with Crippen molar-refractivity contribution in [3.05, 3.63) is 35.4 Å². The van der Waals surface area contributed by atoms with Gasteiger partial charge in [0.1, 0.15) is 0 Å². The molecule has 3 rings (SSSR count). The van der Waals surface area contributed by atoms with Gasteiger partial charge in [-0.3, -0.25) is 9.69 Å². The van der Waals surface area contributed by atoms with E-state index in [-0.39, 0.29) is 5.56 Å². The number of hydrogen-bond donors (Lipinski definition) is 0. The van der Waals surface area contributed by atoms with E-state index in [0.29, 0.717) is 32.1 Å². The van der Waals surface area contributed by atoms with Crippen LogP contribution in [0.15, 0.2) is 24.3 Å². The van der Waals surface area contributed by atoms with Gasteiger partial charge in [-0.15, -0.1) is 0 Å². The molecule has 7 heteroatoms. The second-order valence-corrected chi connectivity index (χ2v) is 6.37. The first-order valence-corrected chi connectivity index (χ1v) is 8.21. The van der Waals surface area contributed by atoms with E-state index < -0.39 is 17.6 Å². The summed E-state index contributed by atoms with van der Waals surface area (Å²) in [7, 11) is 0. The first kappa shape index (κ1) is 17.2. The molecule has 1 amide bonds. The SMILES string of the molecule is O=C(c1ccccc1C(F)(F)F)N1CCN(C[C@@H]2CCOC2)CC1. The number of ether oxygens (including phenoxy) is 1. The van der Waals surface area contributed by atoms with Gasteiger partial charge in [0.2, 0.25) is 0 Å². The molecule has 1 atom stereocenters. The lowest BCUT2D eigenvalue weighted by Gasteiger charge is -2.36. The number of alkyl halides is 3. The van der Waals surface area contributed by atoms with Crippen molar-refractivity contribution in [1.29, 1.82) is 0 Å². The average Bonchev–Trinajstić information content (AvgIpc) is 3.07. The third-order valence-electron chi connectivity index (χ3n) is 4.66. The lowest BCUT2D eigenvalue weighted by Crippen LogP contribution is -2.50. The molecular formula is C17H21F3N2O2. The summed E-state index contributed by atoms with van der Waals surface area (Å²) < 4.78 is 44.6. The van der Waals surface area contributed by atoms with Crippen LogP contribution in [0.25, 0.3) is 0 Å². The van der Waals surface area contributed by atoms with Crippen molar-refractivity contribution in [3.8, 4) is 0 Å². The Bertz CT molecular complexity index is 577. The van der Waals surface area contributed by atoms with E-state index in [1.807, 2.05) is 0 Å². The van der Waals surface area contributed by atoms with Gasteiger partial charge in [-0.2, -0.15) is 13.2 Å². The predicted octanol–water partition coefficient (Wildman–Crippen LogP) is 2.50. The minimum absolute atomic E-state index is 0.261. The Morgan fingerprint density at radius 1 is 1.17 bits per heavy atom. The predicted molar refractivity (Wildman–Crippen MR) is 82.7 cm³/mol. The van der Waals surface area contributed by atoms with Crippen molar-refractivity contribution in [2.45, 2.75) is 12.6 Å². The van der Waals surface area contributed by atoms with E-state index in [2.05, 4.69) is 4.90 Å². The number of halogens is 3. The largest absolute Gasteiger partial charge is 0.417 e. The quantitative estimate of drug-likeness (QED) is 0.846. The molecule has 0 spiro atoms. The van der Waals surface area contributed by atoms with E-state index in [1.54, 1.807) is 0 Å². The third kappa shape index (κ3) is 3.89. The van der Waals surface area contributed by atoms with Crippen LogP contribution in [0.4, 0.5) is 13.2 Å². The molecule has 1 aromatic rings. The second kappa shape index (κ2) is 7.11. The topological polar surface area (TPSA) is 32.8 Å². The Morgan fingerprint density at radius 2 is 1.88 bits per heavy atom. The second-order valence-electron chi connectivity index (χ2n) is 6.37. The van der Waals surface area contributed by atoms with Gasteiger partial charge in [0.05, 0.1) is 17.7 Å². The summed E-state index contributed by atoms with van der Waals surface area (Å²) in [6, 6.07) is 5.00. The number of carbonyl (C=O) groups is 1. The summed E-state index contributed by atoms with van der Waals surface area (Å²) >= 11 is 0. The molecule has 0 aliphatic carbocycles. The van der Waals surface area contributed by atoms with E-state index in [0.717, 1.165) is 32.2 Å². The summed E-state index contributed by atoms with van der Waals surface area (Å²) in [6.07, 6.45) is -3.46. The normalized spacial score (nSPS) is 22.8. The van der Waals surface area contributed by atoms with Gasteiger partial charge in [0.15, 0.2) is 0 Å². The van der Waals surface area contributed by atoms with Gasteiger partial charge >= 0.3 is 6.18 Å². The molecule has 0 N–H and O–H groups in total. The van der Waals surface area contributed by atoms with Crippen molar-refractivity contribution in [1.82, 2.24) is 9.80 Å². The standard InChI is InChI=1S/C17H21F3N2O2/c18-17(19,20)15-4-2-1-3-14(15)16(23)22-8-6-21(7-9-22)11-13-5-10-24-12-13/h1-4,13H,5-12H2/t13-/m0/s1. The Kier molecular flexibility index (Phi) is 5.10. The molecule has 0 saturated carbocycles. The van der Waals surface area contributed by atoms with Crippen LogP contribution >= 0.6 is 0 Å². The van der Waals surface area contributed by atoms with Crippen molar-refractivity contribution in [2.24, 2.45) is 5.92 Å². The van der Waals surface area contributed by atoms with Crippen LogP contribution in [0.2, 0.25) is 0 Å². The molecule has 0 unspecified atom stereocenters. The summed E-state index contributed by atoms with van der Waals surface area (Å²) in [5, 5.41) is 0. The van der Waals surface area contributed by atoms with Crippen molar-refractivity contribution >= 4 is 5.91 Å². The highest BCUT2D eigenvalue weighted by atomic mass is 19.4. The summed E-state index contributed by atoms with van der Waals surface area (Å²) in [6.45, 7) is 4.81. The molecule has 132 valence electrons. The molecule has 1 aromatic carbocycles. The Hall–Kier alpha value is -1.60. The van der Waals surface area contributed by atoms with Gasteiger partial charge in [0, 0.05) is 39.3 Å². The number of hydrogen-bond acceptors (Lipinski definition) is 3. The minimum Gasteiger partial charge on any atom is -0.381 e. The first-order chi connectivity index (χ1) is 11.4. The fourth-order valence-electron chi connectivity index (χ4n) is 3.31. The fraction of sp³-hybridized carbons (Fsp3) is 0.588. The number of amides is 1. The van der Waals surface area contributed by atoms with Crippen LogP contribution in [-0.4, -0.2) is 61.6 Å². The van der Waals surface area contributed by atoms with Gasteiger partial charge < -0.3 is 9.64 Å². The number of nitrogens with zero attached hydrogens (tertiary/aromatic N) is 2. The molecule has 0 radical (unpaired) electrons. The average molecular weight is 342 g/mol. The van der Waals surface area contributed by atoms with E-state index in [1.165, 1.54) is 23.1 Å². The van der Waals surface area contributed by atoms with Crippen LogP contribution in [0.5, 0.6) is 0 Å². The zero-order chi connectivity index (χ0) is 17.2. The Labute approximate surface area is 139 Å². The molecule has 2 saturated heterocycles. The highest BCUT2D eigenvalue weighted by Gasteiger charge is 2.36. The fourth-order valence-corrected chi connectivity index (χ4v) is 3.31. The van der Waals surface area contributed by atoms with Crippen molar-refractivity contribution in [3.63, 3.8) is 0 Å². The maximum absolute atomic E-state index is 13.1. The minimum atomic E-state index is -4.52. The molecule has 0 bridgehead atoms. The summed E-state index contributed by atoms with van der Waals surface area (Å²) in [4.78, 5) is 16.3. The van der Waals surface area contributed by atoms with E-state index in [9.17, 15) is 18.0 Å². The number of carbonyl (C=O) groups excluding carboxylic acids is 1. The molecular weight excluding hydrogens is 321 g/mol. The smallest absolute Gasteiger partial charge is 0.381 e. The van der Waals surface area contributed by atoms with Gasteiger partial charge in [-0.25, -0.2) is 0 Å². The van der Waals surface area contributed by atoms with Crippen LogP contribution in [0.3, 0.4) is 0 Å². The maximum atomic E-state index is 13.1. The summed E-state index contributed by atoms with van der Waals surface area (Å²) in [5.74, 6) is -0.00928. The molecule has 24 heavy (non-hydrogen) atoms. The number of benzene rings is 1. The monoisotopic (exact) mass is 342 g/mol. The molecule has 2 aliphatic heterocycles. The van der Waals surface area contributed by atoms with Crippen LogP contribution < -0.4 is 0 Å². The zero-order valence-corrected chi connectivity index (χ0v) is 13.4. The number of piperazine rings is 1. The first-order valence-electron chi connectivity index (χ1n) is 8.21. The molecule has 2 fully saturated rings. The molecule has 0 aromatic heterocycles. The highest BCUT2D eigenvalue weighted by molar-refractivity contribution is 5.96. The van der Waals surface area contributed by atoms with Gasteiger partial charge in [-0.1, -0.05) is 12.1 Å². The summed E-state index contributed by atoms with van der Waals surface area (Å²) in [5.41, 5.74) is -1.12. The maximum Gasteiger partial charge on any atom is 0.417 e. The van der Waals surface area contributed by atoms with Crippen molar-refractivity contribution in [2.75, 3.05) is 45.9 Å². The van der Waals surface area contributed by atoms with E-state index in [4.69, 9.17) is 4.74 Å². The van der Waals surface area contributed by atoms with Crippen LogP contribution in [0, 0.1) is 5.92 Å². The highest BCUT2D eigenvalue weighted by Crippen LogP contribution is 2.32. The lowest BCUT2D eigenvalue weighted by molar-refractivity contribution is -0.138.